The van der Waals surface area contributed by atoms with Crippen LogP contribution in [-0.2, 0) is 0 Å². The van der Waals surface area contributed by atoms with Crippen molar-refractivity contribution in [1.82, 2.24) is 0 Å². The Balaban J connectivity index is 1.51. The molecule has 0 unspecified atom stereocenters. The first-order valence-corrected chi connectivity index (χ1v) is 8.65. The third kappa shape index (κ3) is 3.34. The molecule has 0 bridgehead atoms. The molecule has 0 spiro atoms. The van der Waals surface area contributed by atoms with Gasteiger partial charge in [-0.05, 0) is 28.8 Å². The molecule has 0 atom stereocenters. The first-order chi connectivity index (χ1) is 12.2. The van der Waals surface area contributed by atoms with Gasteiger partial charge in [0.05, 0.1) is 0 Å². The molecule has 4 heteroatoms. The maximum absolute atomic E-state index is 4.05. The van der Waals surface area contributed by atoms with Crippen LogP contribution in [0.3, 0.4) is 0 Å². The standard InChI is InChI=1S/C21H20B2N2/c1-16(2)23-14-11-19-8-7-17(15-21(19)25-23)9-12-22-13-10-18-5-3-4-6-20(18)24-22/h3-15,24-25H,1H2,2H3/b12-9+. The first-order valence-electron chi connectivity index (χ1n) is 8.65. The normalized spacial score (nSPS) is 14.8. The lowest BCUT2D eigenvalue weighted by Crippen LogP contribution is -2.26. The summed E-state index contributed by atoms with van der Waals surface area (Å²) in [5.74, 6) is 6.55. The van der Waals surface area contributed by atoms with Gasteiger partial charge >= 0.3 is 13.7 Å². The number of allylic oxidation sites excluding steroid dienone is 1. The van der Waals surface area contributed by atoms with Gasteiger partial charge in [-0.3, -0.25) is 0 Å². The van der Waals surface area contributed by atoms with Crippen molar-refractivity contribution in [2.24, 2.45) is 0 Å². The summed E-state index contributed by atoms with van der Waals surface area (Å²) in [7, 11) is 0. The van der Waals surface area contributed by atoms with E-state index in [9.17, 15) is 0 Å². The number of nitrogens with one attached hydrogen (secondary N) is 2. The van der Waals surface area contributed by atoms with Crippen LogP contribution in [0, 0.1) is 0 Å². The summed E-state index contributed by atoms with van der Waals surface area (Å²) in [6, 6.07) is 14.9. The Hall–Kier alpha value is -2.87. The summed E-state index contributed by atoms with van der Waals surface area (Å²) < 4.78 is 0. The van der Waals surface area contributed by atoms with Crippen molar-refractivity contribution >= 4 is 43.3 Å². The molecule has 2 aromatic carbocycles. The van der Waals surface area contributed by atoms with Gasteiger partial charge in [0.2, 0.25) is 0 Å². The Kier molecular flexibility index (Phi) is 4.10. The highest BCUT2D eigenvalue weighted by Crippen LogP contribution is 2.26. The zero-order chi connectivity index (χ0) is 17.2. The van der Waals surface area contributed by atoms with E-state index >= 15 is 0 Å². The van der Waals surface area contributed by atoms with Gasteiger partial charge in [-0.15, -0.1) is 6.58 Å². The number of fused-ring (bicyclic) bond motifs is 2. The minimum absolute atomic E-state index is 0.210. The SMILES string of the molecule is C=C(C)B1C=Cc2ccc(/C=C/B3C=Cc4ccccc4N3)cc2N1. The van der Waals surface area contributed by atoms with E-state index in [0.717, 1.165) is 11.2 Å². The van der Waals surface area contributed by atoms with Crippen molar-refractivity contribution in [3.63, 3.8) is 0 Å². The molecule has 2 heterocycles. The van der Waals surface area contributed by atoms with Crippen molar-refractivity contribution in [2.75, 3.05) is 10.5 Å². The van der Waals surface area contributed by atoms with E-state index in [4.69, 9.17) is 0 Å². The number of benzene rings is 2. The predicted molar refractivity (Wildman–Crippen MR) is 114 cm³/mol. The molecule has 120 valence electrons. The second-order valence-electron chi connectivity index (χ2n) is 6.65. The van der Waals surface area contributed by atoms with E-state index in [0.29, 0.717) is 0 Å². The molecule has 0 fully saturated rings. The van der Waals surface area contributed by atoms with Crippen LogP contribution in [0.25, 0.3) is 18.2 Å². The van der Waals surface area contributed by atoms with Gasteiger partial charge in [0, 0.05) is 11.4 Å². The maximum Gasteiger partial charge on any atom is 0.308 e. The molecule has 4 rings (SSSR count). The Labute approximate surface area is 150 Å². The molecule has 2 nitrogen and oxygen atoms in total. The van der Waals surface area contributed by atoms with Crippen molar-refractivity contribution < 1.29 is 0 Å². The molecule has 2 aliphatic rings. The van der Waals surface area contributed by atoms with Gasteiger partial charge in [0.15, 0.2) is 0 Å². The van der Waals surface area contributed by atoms with Crippen molar-refractivity contribution in [1.29, 1.82) is 0 Å². The largest absolute Gasteiger partial charge is 0.420 e. The smallest absolute Gasteiger partial charge is 0.308 e. The summed E-state index contributed by atoms with van der Waals surface area (Å²) in [4.78, 5) is 0. The fourth-order valence-electron chi connectivity index (χ4n) is 3.19. The fraction of sp³-hybridized carbons (Fsp3) is 0.0476. The minimum atomic E-state index is 0.210. The molecule has 0 amide bonds. The van der Waals surface area contributed by atoms with Crippen LogP contribution in [0.4, 0.5) is 11.4 Å². The fourth-order valence-corrected chi connectivity index (χ4v) is 3.19. The Morgan fingerprint density at radius 1 is 0.960 bits per heavy atom. The summed E-state index contributed by atoms with van der Waals surface area (Å²) in [6.07, 6.45) is 6.52. The second kappa shape index (κ2) is 6.56. The zero-order valence-corrected chi connectivity index (χ0v) is 14.4. The van der Waals surface area contributed by atoms with E-state index in [1.807, 2.05) is 0 Å². The van der Waals surface area contributed by atoms with Crippen LogP contribution in [-0.4, -0.2) is 13.7 Å². The number of anilines is 2. The summed E-state index contributed by atoms with van der Waals surface area (Å²) >= 11 is 0. The van der Waals surface area contributed by atoms with E-state index in [1.165, 1.54) is 22.4 Å². The lowest BCUT2D eigenvalue weighted by molar-refractivity contribution is 1.55. The van der Waals surface area contributed by atoms with Gasteiger partial charge in [0.1, 0.15) is 0 Å². The van der Waals surface area contributed by atoms with Gasteiger partial charge in [0.25, 0.3) is 0 Å². The number of para-hydroxylation sites is 1. The minimum Gasteiger partial charge on any atom is -0.420 e. The van der Waals surface area contributed by atoms with Crippen LogP contribution >= 0.6 is 0 Å². The first kappa shape index (κ1) is 15.6. The van der Waals surface area contributed by atoms with Crippen molar-refractivity contribution in [3.05, 3.63) is 89.1 Å². The lowest BCUT2D eigenvalue weighted by atomic mass is 9.55. The molecule has 2 aliphatic heterocycles. The molecule has 0 saturated heterocycles. The summed E-state index contributed by atoms with van der Waals surface area (Å²) in [5, 5.41) is 7.08. The van der Waals surface area contributed by atoms with Gasteiger partial charge in [-0.25, -0.2) is 0 Å². The molecule has 0 radical (unpaired) electrons. The highest BCUT2D eigenvalue weighted by molar-refractivity contribution is 6.75. The number of hydrogen-bond donors (Lipinski definition) is 2. The lowest BCUT2D eigenvalue weighted by Gasteiger charge is -2.20. The Morgan fingerprint density at radius 3 is 2.64 bits per heavy atom. The maximum atomic E-state index is 4.05. The molecule has 2 aromatic rings. The Bertz CT molecular complexity index is 912. The average molecular weight is 322 g/mol. The summed E-state index contributed by atoms with van der Waals surface area (Å²) in [5.41, 5.74) is 7.12. The van der Waals surface area contributed by atoms with Crippen LogP contribution in [0.15, 0.2) is 72.4 Å². The molecule has 0 aromatic heterocycles. The molecule has 0 saturated carbocycles. The molecular formula is C21H20B2N2. The second-order valence-corrected chi connectivity index (χ2v) is 6.65. The van der Waals surface area contributed by atoms with Gasteiger partial charge < -0.3 is 10.5 Å². The highest BCUT2D eigenvalue weighted by atomic mass is 14.8. The van der Waals surface area contributed by atoms with Crippen molar-refractivity contribution in [2.45, 2.75) is 6.92 Å². The molecular weight excluding hydrogens is 302 g/mol. The van der Waals surface area contributed by atoms with E-state index in [1.54, 1.807) is 0 Å². The predicted octanol–water partition coefficient (Wildman–Crippen LogP) is 4.99. The summed E-state index contributed by atoms with van der Waals surface area (Å²) in [6.45, 7) is 6.52. The van der Waals surface area contributed by atoms with Crippen molar-refractivity contribution in [3.8, 4) is 0 Å². The van der Waals surface area contributed by atoms with Crippen LogP contribution < -0.4 is 10.5 Å². The molecule has 2 N–H and O–H groups in total. The topological polar surface area (TPSA) is 24.1 Å². The molecule has 25 heavy (non-hydrogen) atoms. The van der Waals surface area contributed by atoms with Crippen LogP contribution in [0.5, 0.6) is 0 Å². The molecule has 0 aliphatic carbocycles. The van der Waals surface area contributed by atoms with E-state index in [-0.39, 0.29) is 13.7 Å². The number of hydrogen-bond acceptors (Lipinski definition) is 2. The third-order valence-corrected chi connectivity index (χ3v) is 4.65. The number of rotatable bonds is 3. The highest BCUT2D eigenvalue weighted by Gasteiger charge is 2.17. The van der Waals surface area contributed by atoms with Gasteiger partial charge in [-0.1, -0.05) is 78.9 Å². The zero-order valence-electron chi connectivity index (χ0n) is 14.4. The van der Waals surface area contributed by atoms with Crippen LogP contribution in [0.2, 0.25) is 0 Å². The average Bonchev–Trinajstić information content (AvgIpc) is 2.65. The third-order valence-electron chi connectivity index (χ3n) is 4.65. The van der Waals surface area contributed by atoms with E-state index in [2.05, 4.69) is 103 Å². The van der Waals surface area contributed by atoms with Gasteiger partial charge in [-0.2, -0.15) is 0 Å². The monoisotopic (exact) mass is 322 g/mol. The quantitative estimate of drug-likeness (QED) is 0.778. The van der Waals surface area contributed by atoms with Crippen LogP contribution in [0.1, 0.15) is 23.6 Å². The Morgan fingerprint density at radius 2 is 1.76 bits per heavy atom. The van der Waals surface area contributed by atoms with E-state index < -0.39 is 0 Å².